The molecular weight excluding hydrogens is 253 g/mol. The summed E-state index contributed by atoms with van der Waals surface area (Å²) < 4.78 is 15.0. The SMILES string of the molecule is CC(C)N1CCC(F)(CN(C)C2CCN(C)CC2)CC1. The summed E-state index contributed by atoms with van der Waals surface area (Å²) in [5.74, 6) is 0. The van der Waals surface area contributed by atoms with E-state index in [0.29, 0.717) is 31.5 Å². The molecule has 3 nitrogen and oxygen atoms in total. The van der Waals surface area contributed by atoms with Crippen molar-refractivity contribution in [2.75, 3.05) is 46.8 Å². The summed E-state index contributed by atoms with van der Waals surface area (Å²) in [6, 6.07) is 1.12. The second-order valence-corrected chi connectivity index (χ2v) is 7.23. The zero-order valence-corrected chi connectivity index (χ0v) is 13.7. The molecular formula is C16H32FN3. The van der Waals surface area contributed by atoms with Gasteiger partial charge >= 0.3 is 0 Å². The lowest BCUT2D eigenvalue weighted by atomic mass is 9.91. The highest BCUT2D eigenvalue weighted by atomic mass is 19.1. The van der Waals surface area contributed by atoms with Gasteiger partial charge in [0.25, 0.3) is 0 Å². The Morgan fingerprint density at radius 1 is 1.15 bits per heavy atom. The first-order valence-electron chi connectivity index (χ1n) is 8.21. The highest BCUT2D eigenvalue weighted by Gasteiger charge is 2.37. The van der Waals surface area contributed by atoms with Gasteiger partial charge in [0.05, 0.1) is 0 Å². The predicted octanol–water partition coefficient (Wildman–Crippen LogP) is 2.22. The lowest BCUT2D eigenvalue weighted by Gasteiger charge is -2.42. The van der Waals surface area contributed by atoms with Crippen LogP contribution in [0.3, 0.4) is 0 Å². The Morgan fingerprint density at radius 3 is 2.20 bits per heavy atom. The third kappa shape index (κ3) is 4.15. The third-order valence-corrected chi connectivity index (χ3v) is 5.27. The molecule has 4 heteroatoms. The first kappa shape index (κ1) is 16.2. The molecule has 2 aliphatic rings. The van der Waals surface area contributed by atoms with Gasteiger partial charge in [-0.05, 0) is 66.7 Å². The van der Waals surface area contributed by atoms with Crippen LogP contribution in [0.4, 0.5) is 4.39 Å². The number of hydrogen-bond acceptors (Lipinski definition) is 3. The Kier molecular flexibility index (Phi) is 5.43. The van der Waals surface area contributed by atoms with Gasteiger partial charge in [0.2, 0.25) is 0 Å². The standard InChI is InChI=1S/C16H32FN3/c1-14(2)20-11-7-16(17,8-12-20)13-19(4)15-5-9-18(3)10-6-15/h14-15H,5-13H2,1-4H3. The van der Waals surface area contributed by atoms with Crippen molar-refractivity contribution < 1.29 is 4.39 Å². The normalized spacial score (nSPS) is 26.6. The number of nitrogens with zero attached hydrogens (tertiary/aromatic N) is 3. The summed E-state index contributed by atoms with van der Waals surface area (Å²) in [4.78, 5) is 7.06. The average molecular weight is 285 g/mol. The molecule has 0 bridgehead atoms. The zero-order valence-electron chi connectivity index (χ0n) is 13.7. The van der Waals surface area contributed by atoms with E-state index in [1.807, 2.05) is 0 Å². The molecule has 0 radical (unpaired) electrons. The van der Waals surface area contributed by atoms with Crippen molar-refractivity contribution >= 4 is 0 Å². The number of piperidine rings is 2. The molecule has 118 valence electrons. The van der Waals surface area contributed by atoms with Crippen LogP contribution in [0.1, 0.15) is 39.5 Å². The molecule has 2 aliphatic heterocycles. The number of hydrogen-bond donors (Lipinski definition) is 0. The van der Waals surface area contributed by atoms with E-state index in [2.05, 4.69) is 42.6 Å². The molecule has 0 atom stereocenters. The van der Waals surface area contributed by atoms with Gasteiger partial charge in [0.15, 0.2) is 0 Å². The second-order valence-electron chi connectivity index (χ2n) is 7.23. The molecule has 0 unspecified atom stereocenters. The van der Waals surface area contributed by atoms with Crippen LogP contribution < -0.4 is 0 Å². The summed E-state index contributed by atoms with van der Waals surface area (Å²) in [5.41, 5.74) is -0.969. The van der Waals surface area contributed by atoms with Gasteiger partial charge in [-0.3, -0.25) is 0 Å². The Hall–Kier alpha value is -0.190. The zero-order chi connectivity index (χ0) is 14.8. The van der Waals surface area contributed by atoms with Crippen molar-refractivity contribution in [3.05, 3.63) is 0 Å². The van der Waals surface area contributed by atoms with E-state index < -0.39 is 5.67 Å². The molecule has 0 aromatic carbocycles. The largest absolute Gasteiger partial charge is 0.306 e. The van der Waals surface area contributed by atoms with Crippen LogP contribution in [-0.2, 0) is 0 Å². The minimum atomic E-state index is -0.969. The van der Waals surface area contributed by atoms with Crippen molar-refractivity contribution in [2.45, 2.75) is 57.3 Å². The Balaban J connectivity index is 1.80. The Bertz CT molecular complexity index is 292. The molecule has 2 rings (SSSR count). The summed E-state index contributed by atoms with van der Waals surface area (Å²) in [6.07, 6.45) is 3.76. The molecule has 20 heavy (non-hydrogen) atoms. The molecule has 2 saturated heterocycles. The molecule has 0 N–H and O–H groups in total. The average Bonchev–Trinajstić information content (AvgIpc) is 2.39. The molecule has 0 aliphatic carbocycles. The van der Waals surface area contributed by atoms with Crippen LogP contribution in [-0.4, -0.2) is 79.3 Å². The number of rotatable bonds is 4. The number of halogens is 1. The van der Waals surface area contributed by atoms with E-state index >= 15 is 4.39 Å². The summed E-state index contributed by atoms with van der Waals surface area (Å²) in [6.45, 7) is 9.15. The van der Waals surface area contributed by atoms with Crippen LogP contribution in [0.5, 0.6) is 0 Å². The lowest BCUT2D eigenvalue weighted by Crippen LogP contribution is -2.52. The molecule has 0 aromatic rings. The van der Waals surface area contributed by atoms with Gasteiger partial charge in [0, 0.05) is 31.7 Å². The third-order valence-electron chi connectivity index (χ3n) is 5.27. The highest BCUT2D eigenvalue weighted by Crippen LogP contribution is 2.29. The van der Waals surface area contributed by atoms with Crippen LogP contribution in [0.2, 0.25) is 0 Å². The molecule has 0 amide bonds. The first-order chi connectivity index (χ1) is 9.39. The lowest BCUT2D eigenvalue weighted by molar-refractivity contribution is 0.00494. The van der Waals surface area contributed by atoms with Gasteiger partial charge in [-0.2, -0.15) is 0 Å². The minimum Gasteiger partial charge on any atom is -0.306 e. The summed E-state index contributed by atoms with van der Waals surface area (Å²) in [7, 11) is 4.29. The number of alkyl halides is 1. The topological polar surface area (TPSA) is 9.72 Å². The van der Waals surface area contributed by atoms with Crippen molar-refractivity contribution in [3.8, 4) is 0 Å². The van der Waals surface area contributed by atoms with Crippen LogP contribution in [0, 0.1) is 0 Å². The van der Waals surface area contributed by atoms with Crippen molar-refractivity contribution in [3.63, 3.8) is 0 Å². The van der Waals surface area contributed by atoms with Crippen molar-refractivity contribution in [2.24, 2.45) is 0 Å². The monoisotopic (exact) mass is 285 g/mol. The van der Waals surface area contributed by atoms with Crippen molar-refractivity contribution in [1.29, 1.82) is 0 Å². The molecule has 2 heterocycles. The molecule has 0 spiro atoms. The van der Waals surface area contributed by atoms with E-state index in [-0.39, 0.29) is 0 Å². The highest BCUT2D eigenvalue weighted by molar-refractivity contribution is 4.91. The fourth-order valence-corrected chi connectivity index (χ4v) is 3.61. The van der Waals surface area contributed by atoms with E-state index in [4.69, 9.17) is 0 Å². The summed E-state index contributed by atoms with van der Waals surface area (Å²) >= 11 is 0. The van der Waals surface area contributed by atoms with E-state index in [0.717, 1.165) is 26.2 Å². The minimum absolute atomic E-state index is 0.547. The molecule has 0 aromatic heterocycles. The van der Waals surface area contributed by atoms with Crippen molar-refractivity contribution in [1.82, 2.24) is 14.7 Å². The Morgan fingerprint density at radius 2 is 1.70 bits per heavy atom. The quantitative estimate of drug-likeness (QED) is 0.784. The fraction of sp³-hybridized carbons (Fsp3) is 1.00. The smallest absolute Gasteiger partial charge is 0.126 e. The van der Waals surface area contributed by atoms with Gasteiger partial charge in [0.1, 0.15) is 5.67 Å². The van der Waals surface area contributed by atoms with Crippen LogP contribution in [0.15, 0.2) is 0 Å². The van der Waals surface area contributed by atoms with Gasteiger partial charge in [-0.1, -0.05) is 0 Å². The van der Waals surface area contributed by atoms with E-state index in [9.17, 15) is 0 Å². The van der Waals surface area contributed by atoms with E-state index in [1.165, 1.54) is 12.8 Å². The maximum absolute atomic E-state index is 15.0. The van der Waals surface area contributed by atoms with Gasteiger partial charge in [-0.15, -0.1) is 0 Å². The fourth-order valence-electron chi connectivity index (χ4n) is 3.61. The van der Waals surface area contributed by atoms with Gasteiger partial charge < -0.3 is 14.7 Å². The maximum Gasteiger partial charge on any atom is 0.126 e. The van der Waals surface area contributed by atoms with Gasteiger partial charge in [-0.25, -0.2) is 4.39 Å². The molecule has 2 fully saturated rings. The summed E-state index contributed by atoms with van der Waals surface area (Å²) in [5, 5.41) is 0. The second kappa shape index (κ2) is 6.71. The van der Waals surface area contributed by atoms with Crippen LogP contribution in [0.25, 0.3) is 0 Å². The molecule has 0 saturated carbocycles. The predicted molar refractivity (Wildman–Crippen MR) is 82.9 cm³/mol. The number of likely N-dealkylation sites (tertiary alicyclic amines) is 2. The maximum atomic E-state index is 15.0. The van der Waals surface area contributed by atoms with Crippen LogP contribution >= 0.6 is 0 Å². The first-order valence-corrected chi connectivity index (χ1v) is 8.21. The Labute approximate surface area is 124 Å². The van der Waals surface area contributed by atoms with E-state index in [1.54, 1.807) is 0 Å².